The van der Waals surface area contributed by atoms with Gasteiger partial charge in [0.1, 0.15) is 12.1 Å². The lowest BCUT2D eigenvalue weighted by atomic mass is 10.2. The van der Waals surface area contributed by atoms with Crippen molar-refractivity contribution in [2.75, 3.05) is 12.3 Å². The van der Waals surface area contributed by atoms with Crippen molar-refractivity contribution >= 4 is 22.9 Å². The molecule has 17 heavy (non-hydrogen) atoms. The van der Waals surface area contributed by atoms with Gasteiger partial charge in [-0.25, -0.2) is 9.97 Å². The maximum atomic E-state index is 8.11. The summed E-state index contributed by atoms with van der Waals surface area (Å²) >= 11 is 0. The summed E-state index contributed by atoms with van der Waals surface area (Å²) in [6.07, 6.45) is 5.71. The molecule has 0 saturated heterocycles. The van der Waals surface area contributed by atoms with Gasteiger partial charge < -0.3 is 5.73 Å². The molecule has 0 fully saturated rings. The first-order valence-corrected chi connectivity index (χ1v) is 4.95. The largest absolute Gasteiger partial charge is 0.383 e. The van der Waals surface area contributed by atoms with Gasteiger partial charge >= 0.3 is 0 Å². The van der Waals surface area contributed by atoms with E-state index in [2.05, 4.69) is 30.2 Å². The van der Waals surface area contributed by atoms with Gasteiger partial charge in [-0.15, -0.1) is 0 Å². The van der Waals surface area contributed by atoms with Crippen molar-refractivity contribution in [2.24, 2.45) is 5.11 Å². The van der Waals surface area contributed by atoms with Crippen molar-refractivity contribution in [1.82, 2.24) is 20.2 Å². The number of rotatable bonds is 4. The highest BCUT2D eigenvalue weighted by Gasteiger charge is 2.07. The Hall–Kier alpha value is -2.60. The summed E-state index contributed by atoms with van der Waals surface area (Å²) in [7, 11) is 0. The molecule has 0 bridgehead atoms. The number of nitrogen functional groups attached to an aromatic ring is 1. The van der Waals surface area contributed by atoms with E-state index in [1.165, 1.54) is 6.33 Å². The number of azide groups is 1. The average Bonchev–Trinajstić information content (AvgIpc) is 2.74. The minimum atomic E-state index is 0.387. The molecule has 0 unspecified atom stereocenters. The second-order valence-corrected chi connectivity index (χ2v) is 3.24. The molecular formula is C9H10N8. The van der Waals surface area contributed by atoms with Crippen LogP contribution in [0.25, 0.3) is 27.6 Å². The minimum absolute atomic E-state index is 0.387. The maximum Gasteiger partial charge on any atom is 0.186 e. The highest BCUT2D eigenvalue weighted by Crippen LogP contribution is 2.19. The highest BCUT2D eigenvalue weighted by molar-refractivity contribution is 5.92. The van der Waals surface area contributed by atoms with Gasteiger partial charge in [0, 0.05) is 11.5 Å². The van der Waals surface area contributed by atoms with Gasteiger partial charge in [0.05, 0.1) is 11.1 Å². The molecule has 0 aromatic carbocycles. The summed E-state index contributed by atoms with van der Waals surface area (Å²) in [6, 6.07) is 0. The number of aromatic nitrogens is 4. The normalized spacial score (nSPS) is 10.8. The van der Waals surface area contributed by atoms with Crippen LogP contribution in [0.5, 0.6) is 0 Å². The lowest BCUT2D eigenvalue weighted by Gasteiger charge is -1.93. The van der Waals surface area contributed by atoms with E-state index in [0.717, 1.165) is 5.69 Å². The highest BCUT2D eigenvalue weighted by atomic mass is 15.2. The fraction of sp³-hybridized carbons (Fsp3) is 0.222. The molecule has 86 valence electrons. The number of hydrogen-bond acceptors (Lipinski definition) is 5. The smallest absolute Gasteiger partial charge is 0.186 e. The Morgan fingerprint density at radius 3 is 3.24 bits per heavy atom. The monoisotopic (exact) mass is 230 g/mol. The molecule has 0 radical (unpaired) electrons. The molecule has 2 rings (SSSR count). The van der Waals surface area contributed by atoms with Crippen molar-refractivity contribution in [1.29, 1.82) is 0 Å². The van der Waals surface area contributed by atoms with Gasteiger partial charge in [-0.05, 0) is 18.0 Å². The zero-order chi connectivity index (χ0) is 12.1. The molecule has 0 aliphatic carbocycles. The van der Waals surface area contributed by atoms with Gasteiger partial charge in [-0.1, -0.05) is 11.2 Å². The summed E-state index contributed by atoms with van der Waals surface area (Å²) in [5.41, 5.74) is 15.1. The van der Waals surface area contributed by atoms with Crippen LogP contribution in [0.1, 0.15) is 12.1 Å². The van der Waals surface area contributed by atoms with Crippen LogP contribution in [0, 0.1) is 0 Å². The van der Waals surface area contributed by atoms with E-state index in [9.17, 15) is 0 Å². The standard InChI is InChI=1S/C9H10N8/c10-8-7-6(3-1-2-4-14-17-11)15-16-9(7)13-5-12-8/h1,3,5H,2,4H2,(H3,10,12,13,15,16). The van der Waals surface area contributed by atoms with Crippen LogP contribution in [0.2, 0.25) is 0 Å². The van der Waals surface area contributed by atoms with E-state index in [-0.39, 0.29) is 0 Å². The van der Waals surface area contributed by atoms with Crippen molar-refractivity contribution < 1.29 is 0 Å². The second-order valence-electron chi connectivity index (χ2n) is 3.24. The molecule has 2 heterocycles. The summed E-state index contributed by atoms with van der Waals surface area (Å²) in [5, 5.41) is 11.0. The molecule has 0 saturated carbocycles. The van der Waals surface area contributed by atoms with Crippen LogP contribution >= 0.6 is 0 Å². The Morgan fingerprint density at radius 2 is 2.41 bits per heavy atom. The van der Waals surface area contributed by atoms with Crippen LogP contribution in [-0.2, 0) is 0 Å². The number of aromatic amines is 1. The predicted molar refractivity (Wildman–Crippen MR) is 63.8 cm³/mol. The molecule has 3 N–H and O–H groups in total. The summed E-state index contributed by atoms with van der Waals surface area (Å²) < 4.78 is 0. The first-order valence-electron chi connectivity index (χ1n) is 4.95. The van der Waals surface area contributed by atoms with Gasteiger partial charge in [-0.2, -0.15) is 5.10 Å². The third-order valence-electron chi connectivity index (χ3n) is 2.15. The first-order chi connectivity index (χ1) is 8.33. The van der Waals surface area contributed by atoms with Crippen molar-refractivity contribution in [3.05, 3.63) is 28.5 Å². The lowest BCUT2D eigenvalue weighted by Crippen LogP contribution is -1.92. The van der Waals surface area contributed by atoms with E-state index >= 15 is 0 Å². The van der Waals surface area contributed by atoms with Crippen LogP contribution < -0.4 is 5.73 Å². The Labute approximate surface area is 96.2 Å². The van der Waals surface area contributed by atoms with Gasteiger partial charge in [0.25, 0.3) is 0 Å². The lowest BCUT2D eigenvalue weighted by molar-refractivity contribution is 0.994. The van der Waals surface area contributed by atoms with E-state index in [1.54, 1.807) is 0 Å². The second kappa shape index (κ2) is 4.95. The van der Waals surface area contributed by atoms with E-state index in [4.69, 9.17) is 11.3 Å². The van der Waals surface area contributed by atoms with Crippen molar-refractivity contribution in [2.45, 2.75) is 6.42 Å². The topological polar surface area (TPSA) is 129 Å². The van der Waals surface area contributed by atoms with E-state index in [0.29, 0.717) is 29.8 Å². The average molecular weight is 230 g/mol. The fourth-order valence-corrected chi connectivity index (χ4v) is 1.40. The summed E-state index contributed by atoms with van der Waals surface area (Å²) in [4.78, 5) is 10.6. The number of nitrogens with zero attached hydrogens (tertiary/aromatic N) is 6. The molecule has 8 heteroatoms. The zero-order valence-corrected chi connectivity index (χ0v) is 8.91. The predicted octanol–water partition coefficient (Wildman–Crippen LogP) is 1.65. The number of hydrogen-bond donors (Lipinski definition) is 2. The van der Waals surface area contributed by atoms with Crippen LogP contribution in [0.3, 0.4) is 0 Å². The molecule has 0 aliphatic rings. The van der Waals surface area contributed by atoms with Crippen molar-refractivity contribution in [3.63, 3.8) is 0 Å². The third-order valence-corrected chi connectivity index (χ3v) is 2.15. The first kappa shape index (κ1) is 10.9. The Bertz CT molecular complexity index is 592. The Balaban J connectivity index is 2.21. The fourth-order valence-electron chi connectivity index (χ4n) is 1.40. The molecule has 2 aromatic heterocycles. The number of H-pyrrole nitrogens is 1. The van der Waals surface area contributed by atoms with Crippen LogP contribution in [0.4, 0.5) is 5.82 Å². The van der Waals surface area contributed by atoms with Crippen LogP contribution in [-0.4, -0.2) is 26.7 Å². The third kappa shape index (κ3) is 2.32. The van der Waals surface area contributed by atoms with Gasteiger partial charge in [0.15, 0.2) is 5.65 Å². The molecule has 8 nitrogen and oxygen atoms in total. The molecule has 0 amide bonds. The number of anilines is 1. The molecule has 2 aromatic rings. The van der Waals surface area contributed by atoms with Crippen LogP contribution in [0.15, 0.2) is 17.5 Å². The zero-order valence-electron chi connectivity index (χ0n) is 8.91. The molecule has 0 spiro atoms. The quantitative estimate of drug-likeness (QED) is 0.358. The number of nitrogens with two attached hydrogens (primary N) is 1. The van der Waals surface area contributed by atoms with E-state index < -0.39 is 0 Å². The Kier molecular flexibility index (Phi) is 3.18. The minimum Gasteiger partial charge on any atom is -0.383 e. The van der Waals surface area contributed by atoms with E-state index in [1.807, 2.05) is 12.2 Å². The summed E-state index contributed by atoms with van der Waals surface area (Å²) in [5.74, 6) is 0.387. The Morgan fingerprint density at radius 1 is 1.53 bits per heavy atom. The van der Waals surface area contributed by atoms with Crippen molar-refractivity contribution in [3.8, 4) is 0 Å². The molecule has 0 aliphatic heterocycles. The number of nitrogens with one attached hydrogen (secondary N) is 1. The number of fused-ring (bicyclic) bond motifs is 1. The molecule has 0 atom stereocenters. The molecular weight excluding hydrogens is 220 g/mol. The van der Waals surface area contributed by atoms with Gasteiger partial charge in [-0.3, -0.25) is 5.10 Å². The summed E-state index contributed by atoms with van der Waals surface area (Å²) in [6.45, 7) is 0.422. The SMILES string of the molecule is [N-]=[N+]=NCCC=Cc1[nH]nc2ncnc(N)c12. The van der Waals surface area contributed by atoms with Gasteiger partial charge in [0.2, 0.25) is 0 Å². The maximum absolute atomic E-state index is 8.11.